The lowest BCUT2D eigenvalue weighted by Gasteiger charge is -2.29. The average molecular weight is 265 g/mol. The second-order valence-corrected chi connectivity index (χ2v) is 5.08. The van der Waals surface area contributed by atoms with Crippen LogP contribution in [-0.4, -0.2) is 45.4 Å². The zero-order valence-corrected chi connectivity index (χ0v) is 11.0. The summed E-state index contributed by atoms with van der Waals surface area (Å²) in [5.74, 6) is 0.440. The third-order valence-corrected chi connectivity index (χ3v) is 3.69. The van der Waals surface area contributed by atoms with Crippen LogP contribution in [0.25, 0.3) is 0 Å². The molecule has 4 nitrogen and oxygen atoms in total. The molecule has 19 heavy (non-hydrogen) atoms. The van der Waals surface area contributed by atoms with Crippen LogP contribution in [0.5, 0.6) is 5.75 Å². The monoisotopic (exact) mass is 265 g/mol. The van der Waals surface area contributed by atoms with Crippen LogP contribution in [0.4, 0.5) is 10.1 Å². The Hall–Kier alpha value is -1.33. The molecule has 1 aromatic rings. The predicted molar refractivity (Wildman–Crippen MR) is 73.4 cm³/mol. The number of hydrogen-bond acceptors (Lipinski definition) is 4. The lowest BCUT2D eigenvalue weighted by molar-refractivity contribution is 0.222. The van der Waals surface area contributed by atoms with E-state index < -0.39 is 0 Å². The molecule has 2 heterocycles. The van der Waals surface area contributed by atoms with Crippen molar-refractivity contribution in [1.29, 1.82) is 0 Å². The third kappa shape index (κ3) is 2.98. The standard InChI is InChI=1S/C14H20FN3O/c15-13-9-11(19-12-3-4-17-10-12)1-2-14(13)18-7-5-16-6-8-18/h1-2,9,12,16-17H,3-8,10H2. The van der Waals surface area contributed by atoms with E-state index in [-0.39, 0.29) is 11.9 Å². The summed E-state index contributed by atoms with van der Waals surface area (Å²) in [5.41, 5.74) is 0.679. The lowest BCUT2D eigenvalue weighted by Crippen LogP contribution is -2.43. The van der Waals surface area contributed by atoms with Gasteiger partial charge >= 0.3 is 0 Å². The van der Waals surface area contributed by atoms with Crippen LogP contribution in [0, 0.1) is 5.82 Å². The molecule has 0 aromatic heterocycles. The van der Waals surface area contributed by atoms with E-state index in [1.807, 2.05) is 12.1 Å². The van der Waals surface area contributed by atoms with Crippen molar-refractivity contribution in [2.75, 3.05) is 44.2 Å². The van der Waals surface area contributed by atoms with Gasteiger partial charge in [-0.3, -0.25) is 0 Å². The van der Waals surface area contributed by atoms with Gasteiger partial charge in [0.25, 0.3) is 0 Å². The Bertz CT molecular complexity index is 429. The van der Waals surface area contributed by atoms with Gasteiger partial charge in [-0.15, -0.1) is 0 Å². The van der Waals surface area contributed by atoms with Gasteiger partial charge in [-0.1, -0.05) is 0 Å². The van der Waals surface area contributed by atoms with Gasteiger partial charge in [-0.05, 0) is 25.1 Å². The van der Waals surface area contributed by atoms with Crippen molar-refractivity contribution in [3.05, 3.63) is 24.0 Å². The number of benzene rings is 1. The summed E-state index contributed by atoms with van der Waals surface area (Å²) in [6.45, 7) is 5.34. The van der Waals surface area contributed by atoms with Gasteiger partial charge < -0.3 is 20.3 Å². The molecule has 0 amide bonds. The van der Waals surface area contributed by atoms with Crippen LogP contribution in [-0.2, 0) is 0 Å². The van der Waals surface area contributed by atoms with Crippen LogP contribution in [0.1, 0.15) is 6.42 Å². The maximum absolute atomic E-state index is 14.2. The molecule has 5 heteroatoms. The molecular weight excluding hydrogens is 245 g/mol. The van der Waals surface area contributed by atoms with E-state index in [0.717, 1.165) is 45.7 Å². The van der Waals surface area contributed by atoms with Crippen LogP contribution >= 0.6 is 0 Å². The quantitative estimate of drug-likeness (QED) is 0.854. The summed E-state index contributed by atoms with van der Waals surface area (Å²) < 4.78 is 19.9. The molecule has 2 fully saturated rings. The summed E-state index contributed by atoms with van der Waals surface area (Å²) in [6.07, 6.45) is 1.16. The molecule has 0 bridgehead atoms. The molecular formula is C14H20FN3O. The zero-order chi connectivity index (χ0) is 13.1. The normalized spacial score (nSPS) is 23.6. The van der Waals surface area contributed by atoms with E-state index in [4.69, 9.17) is 4.74 Å². The number of rotatable bonds is 3. The minimum Gasteiger partial charge on any atom is -0.489 e. The molecule has 1 atom stereocenters. The van der Waals surface area contributed by atoms with Gasteiger partial charge in [0.2, 0.25) is 0 Å². The number of piperazine rings is 1. The number of hydrogen-bond donors (Lipinski definition) is 2. The first kappa shape index (κ1) is 12.7. The molecule has 0 radical (unpaired) electrons. The summed E-state index contributed by atoms with van der Waals surface area (Å²) in [6, 6.07) is 5.22. The molecule has 1 aromatic carbocycles. The van der Waals surface area contributed by atoms with Crippen LogP contribution in [0.15, 0.2) is 18.2 Å². The number of nitrogens with one attached hydrogen (secondary N) is 2. The maximum Gasteiger partial charge on any atom is 0.150 e. The van der Waals surface area contributed by atoms with E-state index in [9.17, 15) is 4.39 Å². The van der Waals surface area contributed by atoms with Crippen LogP contribution < -0.4 is 20.3 Å². The molecule has 3 rings (SSSR count). The highest BCUT2D eigenvalue weighted by Gasteiger charge is 2.18. The Labute approximate surface area is 112 Å². The van der Waals surface area contributed by atoms with Crippen LogP contribution in [0.3, 0.4) is 0 Å². The highest BCUT2D eigenvalue weighted by atomic mass is 19.1. The number of nitrogens with zero attached hydrogens (tertiary/aromatic N) is 1. The molecule has 2 N–H and O–H groups in total. The second kappa shape index (κ2) is 5.75. The Kier molecular flexibility index (Phi) is 3.84. The molecule has 0 spiro atoms. The first-order chi connectivity index (χ1) is 9.33. The van der Waals surface area contributed by atoms with E-state index in [1.165, 1.54) is 6.07 Å². The predicted octanol–water partition coefficient (Wildman–Crippen LogP) is 0.976. The highest BCUT2D eigenvalue weighted by Crippen LogP contribution is 2.25. The summed E-state index contributed by atoms with van der Waals surface area (Å²) >= 11 is 0. The maximum atomic E-state index is 14.2. The number of anilines is 1. The Morgan fingerprint density at radius 1 is 1.16 bits per heavy atom. The Balaban J connectivity index is 1.69. The van der Waals surface area contributed by atoms with Crippen molar-refractivity contribution in [3.8, 4) is 5.75 Å². The van der Waals surface area contributed by atoms with Gasteiger partial charge in [0.1, 0.15) is 17.7 Å². The largest absolute Gasteiger partial charge is 0.489 e. The molecule has 2 saturated heterocycles. The van der Waals surface area contributed by atoms with Gasteiger partial charge in [0.05, 0.1) is 5.69 Å². The fourth-order valence-corrected chi connectivity index (χ4v) is 2.64. The van der Waals surface area contributed by atoms with E-state index in [1.54, 1.807) is 0 Å². The molecule has 104 valence electrons. The summed E-state index contributed by atoms with van der Waals surface area (Å²) in [4.78, 5) is 2.08. The molecule has 2 aliphatic rings. The fourth-order valence-electron chi connectivity index (χ4n) is 2.64. The molecule has 0 aliphatic carbocycles. The molecule has 2 aliphatic heterocycles. The van der Waals surface area contributed by atoms with Gasteiger partial charge in [-0.2, -0.15) is 0 Å². The lowest BCUT2D eigenvalue weighted by atomic mass is 10.2. The number of ether oxygens (including phenoxy) is 1. The molecule has 1 unspecified atom stereocenters. The van der Waals surface area contributed by atoms with E-state index in [0.29, 0.717) is 11.4 Å². The smallest absolute Gasteiger partial charge is 0.150 e. The highest BCUT2D eigenvalue weighted by molar-refractivity contribution is 5.51. The Morgan fingerprint density at radius 3 is 2.68 bits per heavy atom. The van der Waals surface area contributed by atoms with Crippen molar-refractivity contribution in [3.63, 3.8) is 0 Å². The van der Waals surface area contributed by atoms with Gasteiger partial charge in [-0.25, -0.2) is 4.39 Å². The van der Waals surface area contributed by atoms with Crippen LogP contribution in [0.2, 0.25) is 0 Å². The summed E-state index contributed by atoms with van der Waals surface area (Å²) in [5, 5.41) is 6.50. The number of halogens is 1. The average Bonchev–Trinajstić information content (AvgIpc) is 2.93. The van der Waals surface area contributed by atoms with Crippen molar-refractivity contribution >= 4 is 5.69 Å². The first-order valence-electron chi connectivity index (χ1n) is 6.95. The zero-order valence-electron chi connectivity index (χ0n) is 11.0. The SMILES string of the molecule is Fc1cc(OC2CCNC2)ccc1N1CCNCC1. The van der Waals surface area contributed by atoms with Crippen molar-refractivity contribution in [1.82, 2.24) is 10.6 Å². The van der Waals surface area contributed by atoms with Crippen molar-refractivity contribution in [2.45, 2.75) is 12.5 Å². The Morgan fingerprint density at radius 2 is 2.00 bits per heavy atom. The molecule has 0 saturated carbocycles. The van der Waals surface area contributed by atoms with E-state index >= 15 is 0 Å². The van der Waals surface area contributed by atoms with E-state index in [2.05, 4.69) is 15.5 Å². The third-order valence-electron chi connectivity index (χ3n) is 3.69. The second-order valence-electron chi connectivity index (χ2n) is 5.08. The topological polar surface area (TPSA) is 36.5 Å². The summed E-state index contributed by atoms with van der Waals surface area (Å²) in [7, 11) is 0. The first-order valence-corrected chi connectivity index (χ1v) is 6.95. The minimum absolute atomic E-state index is 0.171. The van der Waals surface area contributed by atoms with Gasteiger partial charge in [0, 0.05) is 38.8 Å². The van der Waals surface area contributed by atoms with Crippen molar-refractivity contribution in [2.24, 2.45) is 0 Å². The van der Waals surface area contributed by atoms with Crippen molar-refractivity contribution < 1.29 is 9.13 Å². The van der Waals surface area contributed by atoms with Gasteiger partial charge in [0.15, 0.2) is 0 Å². The minimum atomic E-state index is -0.189. The fraction of sp³-hybridized carbons (Fsp3) is 0.571.